The zero-order chi connectivity index (χ0) is 17.6. The fraction of sp³-hybridized carbons (Fsp3) is 0.722. The topological polar surface area (TPSA) is 50.6 Å². The van der Waals surface area contributed by atoms with Crippen LogP contribution in [0.4, 0.5) is 0 Å². The van der Waals surface area contributed by atoms with Crippen LogP contribution in [0, 0.1) is 11.3 Å². The largest absolute Gasteiger partial charge is 0.377 e. The molecule has 1 aliphatic heterocycles. The molecule has 2 aliphatic carbocycles. The van der Waals surface area contributed by atoms with Crippen molar-refractivity contribution in [2.75, 3.05) is 13.7 Å². The van der Waals surface area contributed by atoms with Gasteiger partial charge in [0.1, 0.15) is 5.15 Å². The molecule has 3 aliphatic rings. The molecule has 0 aromatic carbocycles. The third-order valence-electron chi connectivity index (χ3n) is 6.45. The molecule has 2 saturated carbocycles. The van der Waals surface area contributed by atoms with Crippen LogP contribution >= 0.6 is 47.2 Å². The van der Waals surface area contributed by atoms with Gasteiger partial charge in [0.2, 0.25) is 0 Å². The molecule has 3 unspecified atom stereocenters. The molecule has 146 valence electrons. The Morgan fingerprint density at radius 3 is 2.73 bits per heavy atom. The van der Waals surface area contributed by atoms with Crippen molar-refractivity contribution in [3.05, 3.63) is 21.9 Å². The lowest BCUT2D eigenvalue weighted by Crippen LogP contribution is -2.69. The normalized spacial score (nSPS) is 29.2. The molecular formula is C18H27Cl2IN4O. The smallest absolute Gasteiger partial charge is 0.191 e. The number of nitrogens with one attached hydrogen (secondary N) is 2. The molecule has 0 radical (unpaired) electrons. The van der Waals surface area contributed by atoms with Crippen LogP contribution in [0.15, 0.2) is 11.1 Å². The lowest BCUT2D eigenvalue weighted by Gasteiger charge is -2.57. The number of fused-ring (bicyclic) bond motifs is 2. The summed E-state index contributed by atoms with van der Waals surface area (Å²) in [6.45, 7) is 1.54. The molecule has 26 heavy (non-hydrogen) atoms. The second-order valence-corrected chi connectivity index (χ2v) is 8.33. The third-order valence-corrected chi connectivity index (χ3v) is 7.30. The molecule has 1 aromatic rings. The number of rotatable bonds is 3. The van der Waals surface area contributed by atoms with Crippen molar-refractivity contribution in [3.8, 4) is 0 Å². The van der Waals surface area contributed by atoms with Crippen molar-refractivity contribution in [1.29, 1.82) is 0 Å². The minimum absolute atomic E-state index is 0. The maximum absolute atomic E-state index is 6.15. The van der Waals surface area contributed by atoms with Crippen molar-refractivity contribution in [3.63, 3.8) is 0 Å². The van der Waals surface area contributed by atoms with E-state index in [0.29, 0.717) is 40.2 Å². The summed E-state index contributed by atoms with van der Waals surface area (Å²) in [6.07, 6.45) is 6.78. The Labute approximate surface area is 182 Å². The van der Waals surface area contributed by atoms with Crippen LogP contribution < -0.4 is 10.6 Å². The van der Waals surface area contributed by atoms with E-state index in [4.69, 9.17) is 27.9 Å². The third kappa shape index (κ3) is 3.25. The molecule has 5 nitrogen and oxygen atoms in total. The van der Waals surface area contributed by atoms with Gasteiger partial charge in [-0.15, -0.1) is 24.0 Å². The van der Waals surface area contributed by atoms with Gasteiger partial charge in [0.15, 0.2) is 5.96 Å². The van der Waals surface area contributed by atoms with Crippen LogP contribution in [0.1, 0.15) is 37.8 Å². The average molecular weight is 513 g/mol. The van der Waals surface area contributed by atoms with Gasteiger partial charge in [0.25, 0.3) is 0 Å². The Morgan fingerprint density at radius 1 is 1.38 bits per heavy atom. The van der Waals surface area contributed by atoms with Crippen LogP contribution in [0.3, 0.4) is 0 Å². The molecule has 2 heterocycles. The first-order chi connectivity index (χ1) is 12.1. The number of nitrogens with zero attached hydrogens (tertiary/aromatic N) is 2. The van der Waals surface area contributed by atoms with Crippen LogP contribution in [0.2, 0.25) is 10.2 Å². The van der Waals surface area contributed by atoms with E-state index < -0.39 is 0 Å². The van der Waals surface area contributed by atoms with Crippen LogP contribution in [-0.2, 0) is 18.3 Å². The first-order valence-corrected chi connectivity index (χ1v) is 9.91. The number of guanidine groups is 1. The Bertz CT molecular complexity index is 687. The fourth-order valence-electron chi connectivity index (χ4n) is 5.18. The number of hydrogen-bond acceptors (Lipinski definition) is 2. The molecule has 4 rings (SSSR count). The monoisotopic (exact) mass is 512 g/mol. The summed E-state index contributed by atoms with van der Waals surface area (Å²) in [5.74, 6) is 1.46. The van der Waals surface area contributed by atoms with Crippen molar-refractivity contribution < 1.29 is 4.74 Å². The van der Waals surface area contributed by atoms with E-state index in [2.05, 4.69) is 15.6 Å². The van der Waals surface area contributed by atoms with Crippen molar-refractivity contribution in [2.45, 2.75) is 50.8 Å². The van der Waals surface area contributed by atoms with Gasteiger partial charge in [-0.05, 0) is 25.3 Å². The second-order valence-electron chi connectivity index (χ2n) is 7.57. The average Bonchev–Trinajstić information content (AvgIpc) is 3.31. The molecular weight excluding hydrogens is 486 g/mol. The molecule has 8 heteroatoms. The second kappa shape index (κ2) is 8.05. The van der Waals surface area contributed by atoms with Gasteiger partial charge in [0.05, 0.1) is 17.7 Å². The molecule has 1 spiro atoms. The summed E-state index contributed by atoms with van der Waals surface area (Å²) in [7, 11) is 3.74. The van der Waals surface area contributed by atoms with E-state index in [-0.39, 0.29) is 24.0 Å². The van der Waals surface area contributed by atoms with E-state index in [9.17, 15) is 0 Å². The summed E-state index contributed by atoms with van der Waals surface area (Å²) in [5, 5.41) is 8.26. The van der Waals surface area contributed by atoms with E-state index in [1.807, 2.05) is 24.7 Å². The van der Waals surface area contributed by atoms with Crippen molar-refractivity contribution in [1.82, 2.24) is 15.2 Å². The number of halogens is 3. The van der Waals surface area contributed by atoms with Gasteiger partial charge in [-0.1, -0.05) is 36.0 Å². The van der Waals surface area contributed by atoms with Crippen LogP contribution in [0.25, 0.3) is 0 Å². The number of aromatic nitrogens is 1. The van der Waals surface area contributed by atoms with Gasteiger partial charge in [0, 0.05) is 43.8 Å². The zero-order valence-corrected chi connectivity index (χ0v) is 19.1. The van der Waals surface area contributed by atoms with Gasteiger partial charge in [-0.3, -0.25) is 4.99 Å². The summed E-state index contributed by atoms with van der Waals surface area (Å²) < 4.78 is 7.96. The van der Waals surface area contributed by atoms with Crippen LogP contribution in [-0.4, -0.2) is 36.3 Å². The molecule has 0 bridgehead atoms. The molecule has 1 aromatic heterocycles. The SMILES string of the molecule is CN=C(NCc1cc(Cl)c(Cl)n1C)NC1C2CCOC2C12CCCC2.I. The first-order valence-electron chi connectivity index (χ1n) is 9.15. The molecule has 3 atom stereocenters. The number of ether oxygens (including phenoxy) is 1. The minimum Gasteiger partial charge on any atom is -0.377 e. The predicted molar refractivity (Wildman–Crippen MR) is 117 cm³/mol. The highest BCUT2D eigenvalue weighted by atomic mass is 127. The zero-order valence-electron chi connectivity index (χ0n) is 15.2. The lowest BCUT2D eigenvalue weighted by atomic mass is 9.54. The Kier molecular flexibility index (Phi) is 6.36. The standard InChI is InChI=1S/C18H26Cl2N4O.HI/c1-21-17(22-10-11-9-13(19)16(20)24(11)2)23-14-12-5-8-25-15(12)18(14)6-3-4-7-18;/h9,12,14-15H,3-8,10H2,1-2H3,(H2,21,22,23);1H. The summed E-state index contributed by atoms with van der Waals surface area (Å²) >= 11 is 12.3. The number of hydrogen-bond donors (Lipinski definition) is 2. The highest BCUT2D eigenvalue weighted by Crippen LogP contribution is 2.60. The molecule has 2 N–H and O–H groups in total. The highest BCUT2D eigenvalue weighted by Gasteiger charge is 2.65. The van der Waals surface area contributed by atoms with E-state index in [1.54, 1.807) is 0 Å². The van der Waals surface area contributed by atoms with Gasteiger partial charge < -0.3 is 19.9 Å². The van der Waals surface area contributed by atoms with Crippen molar-refractivity contribution in [2.24, 2.45) is 23.4 Å². The number of aliphatic imine (C=N–C) groups is 1. The first kappa shape index (κ1) is 20.6. The van der Waals surface area contributed by atoms with E-state index in [0.717, 1.165) is 24.7 Å². The van der Waals surface area contributed by atoms with E-state index >= 15 is 0 Å². The Hall–Kier alpha value is -0.180. The van der Waals surface area contributed by atoms with Crippen molar-refractivity contribution >= 4 is 53.1 Å². The van der Waals surface area contributed by atoms with Gasteiger partial charge in [-0.25, -0.2) is 0 Å². The maximum Gasteiger partial charge on any atom is 0.191 e. The predicted octanol–water partition coefficient (Wildman–Crippen LogP) is 3.96. The molecule has 1 saturated heterocycles. The van der Waals surface area contributed by atoms with Gasteiger partial charge in [-0.2, -0.15) is 0 Å². The van der Waals surface area contributed by atoms with Gasteiger partial charge >= 0.3 is 0 Å². The molecule has 0 amide bonds. The fourth-order valence-corrected chi connectivity index (χ4v) is 5.59. The highest BCUT2D eigenvalue weighted by molar-refractivity contribution is 14.0. The summed E-state index contributed by atoms with van der Waals surface area (Å²) in [4.78, 5) is 4.43. The summed E-state index contributed by atoms with van der Waals surface area (Å²) in [6, 6.07) is 2.36. The lowest BCUT2D eigenvalue weighted by molar-refractivity contribution is -0.125. The van der Waals surface area contributed by atoms with Crippen LogP contribution in [0.5, 0.6) is 0 Å². The minimum atomic E-state index is 0. The quantitative estimate of drug-likeness (QED) is 0.366. The molecule has 3 fully saturated rings. The Balaban J connectivity index is 0.00000196. The summed E-state index contributed by atoms with van der Waals surface area (Å²) in [5.41, 5.74) is 1.35. The maximum atomic E-state index is 6.15. The van der Waals surface area contributed by atoms with E-state index in [1.165, 1.54) is 25.7 Å². The Morgan fingerprint density at radius 2 is 2.12 bits per heavy atom.